The summed E-state index contributed by atoms with van der Waals surface area (Å²) in [6.45, 7) is 6.24. The molecule has 0 aliphatic heterocycles. The van der Waals surface area contributed by atoms with E-state index in [4.69, 9.17) is 0 Å². The molecule has 0 aromatic carbocycles. The summed E-state index contributed by atoms with van der Waals surface area (Å²) in [6, 6.07) is 4.04. The fourth-order valence-electron chi connectivity index (χ4n) is 1.46. The van der Waals surface area contributed by atoms with E-state index in [0.717, 1.165) is 25.9 Å². The SMILES string of the molecule is CCC(C)(CO)CNCCc1cccnc1. The van der Waals surface area contributed by atoms with Crippen molar-refractivity contribution in [1.82, 2.24) is 10.3 Å². The lowest BCUT2D eigenvalue weighted by Gasteiger charge is -2.25. The van der Waals surface area contributed by atoms with E-state index < -0.39 is 0 Å². The minimum absolute atomic E-state index is 0.00887. The van der Waals surface area contributed by atoms with Gasteiger partial charge in [0, 0.05) is 31.0 Å². The van der Waals surface area contributed by atoms with Crippen molar-refractivity contribution in [3.05, 3.63) is 30.1 Å². The zero-order chi connectivity index (χ0) is 11.9. The highest BCUT2D eigenvalue weighted by atomic mass is 16.3. The topological polar surface area (TPSA) is 45.1 Å². The van der Waals surface area contributed by atoms with Crippen molar-refractivity contribution in [3.8, 4) is 0 Å². The van der Waals surface area contributed by atoms with Gasteiger partial charge in [0.25, 0.3) is 0 Å². The van der Waals surface area contributed by atoms with Gasteiger partial charge >= 0.3 is 0 Å². The van der Waals surface area contributed by atoms with Gasteiger partial charge in [0.05, 0.1) is 0 Å². The van der Waals surface area contributed by atoms with Gasteiger partial charge < -0.3 is 10.4 Å². The Bertz CT molecular complexity index is 283. The lowest BCUT2D eigenvalue weighted by molar-refractivity contribution is 0.136. The van der Waals surface area contributed by atoms with Gasteiger partial charge in [-0.05, 0) is 31.0 Å². The fraction of sp³-hybridized carbons (Fsp3) is 0.615. The highest BCUT2D eigenvalue weighted by Gasteiger charge is 2.19. The third-order valence-electron chi connectivity index (χ3n) is 3.10. The molecule has 1 atom stereocenters. The Hall–Kier alpha value is -0.930. The van der Waals surface area contributed by atoms with Gasteiger partial charge in [-0.3, -0.25) is 4.98 Å². The monoisotopic (exact) mass is 222 g/mol. The summed E-state index contributed by atoms with van der Waals surface area (Å²) in [5.74, 6) is 0. The molecule has 0 radical (unpaired) electrons. The highest BCUT2D eigenvalue weighted by Crippen LogP contribution is 2.18. The van der Waals surface area contributed by atoms with Gasteiger partial charge in [-0.15, -0.1) is 0 Å². The van der Waals surface area contributed by atoms with Crippen molar-refractivity contribution in [2.45, 2.75) is 26.7 Å². The van der Waals surface area contributed by atoms with Gasteiger partial charge in [-0.1, -0.05) is 19.9 Å². The van der Waals surface area contributed by atoms with Crippen LogP contribution in [-0.4, -0.2) is 29.8 Å². The Morgan fingerprint density at radius 1 is 1.50 bits per heavy atom. The van der Waals surface area contributed by atoms with Crippen LogP contribution >= 0.6 is 0 Å². The predicted octanol–water partition coefficient (Wildman–Crippen LogP) is 1.62. The molecule has 0 fully saturated rings. The molecule has 90 valence electrons. The van der Waals surface area contributed by atoms with Crippen LogP contribution in [0, 0.1) is 5.41 Å². The maximum atomic E-state index is 9.25. The molecule has 2 N–H and O–H groups in total. The van der Waals surface area contributed by atoms with Crippen LogP contribution in [0.15, 0.2) is 24.5 Å². The first-order valence-corrected chi connectivity index (χ1v) is 5.91. The van der Waals surface area contributed by atoms with Crippen molar-refractivity contribution in [3.63, 3.8) is 0 Å². The smallest absolute Gasteiger partial charge is 0.0496 e. The molecule has 0 saturated carbocycles. The predicted molar refractivity (Wildman–Crippen MR) is 66.3 cm³/mol. The number of hydrogen-bond donors (Lipinski definition) is 2. The normalized spacial score (nSPS) is 14.7. The fourth-order valence-corrected chi connectivity index (χ4v) is 1.46. The lowest BCUT2D eigenvalue weighted by atomic mass is 9.88. The first-order chi connectivity index (χ1) is 7.70. The van der Waals surface area contributed by atoms with E-state index >= 15 is 0 Å². The molecule has 0 aliphatic carbocycles. The summed E-state index contributed by atoms with van der Waals surface area (Å²) in [6.07, 6.45) is 5.66. The molecule has 3 nitrogen and oxygen atoms in total. The lowest BCUT2D eigenvalue weighted by Crippen LogP contribution is -2.35. The second-order valence-corrected chi connectivity index (χ2v) is 4.61. The minimum atomic E-state index is 0.00887. The molecule has 16 heavy (non-hydrogen) atoms. The molecule has 0 bridgehead atoms. The van der Waals surface area contributed by atoms with Crippen molar-refractivity contribution < 1.29 is 5.11 Å². The summed E-state index contributed by atoms with van der Waals surface area (Å²) in [7, 11) is 0. The number of aliphatic hydroxyl groups is 1. The second kappa shape index (κ2) is 6.61. The Morgan fingerprint density at radius 3 is 2.88 bits per heavy atom. The average Bonchev–Trinajstić information content (AvgIpc) is 2.36. The van der Waals surface area contributed by atoms with Crippen LogP contribution in [0.5, 0.6) is 0 Å². The van der Waals surface area contributed by atoms with E-state index in [9.17, 15) is 5.11 Å². The summed E-state index contributed by atoms with van der Waals surface area (Å²) < 4.78 is 0. The third kappa shape index (κ3) is 4.29. The maximum Gasteiger partial charge on any atom is 0.0496 e. The molecule has 1 unspecified atom stereocenters. The number of nitrogens with zero attached hydrogens (tertiary/aromatic N) is 1. The van der Waals surface area contributed by atoms with Gasteiger partial charge in [0.2, 0.25) is 0 Å². The number of rotatable bonds is 7. The van der Waals surface area contributed by atoms with E-state index in [-0.39, 0.29) is 12.0 Å². The van der Waals surface area contributed by atoms with E-state index in [2.05, 4.69) is 30.2 Å². The second-order valence-electron chi connectivity index (χ2n) is 4.61. The van der Waals surface area contributed by atoms with Crippen LogP contribution in [0.3, 0.4) is 0 Å². The van der Waals surface area contributed by atoms with Gasteiger partial charge in [-0.25, -0.2) is 0 Å². The Balaban J connectivity index is 2.22. The highest BCUT2D eigenvalue weighted by molar-refractivity contribution is 5.08. The number of aliphatic hydroxyl groups excluding tert-OH is 1. The van der Waals surface area contributed by atoms with Crippen molar-refractivity contribution in [1.29, 1.82) is 0 Å². The molecular formula is C13H22N2O. The van der Waals surface area contributed by atoms with E-state index in [1.165, 1.54) is 5.56 Å². The van der Waals surface area contributed by atoms with Crippen LogP contribution < -0.4 is 5.32 Å². The largest absolute Gasteiger partial charge is 0.396 e. The van der Waals surface area contributed by atoms with Crippen LogP contribution in [-0.2, 0) is 6.42 Å². The summed E-state index contributed by atoms with van der Waals surface area (Å²) >= 11 is 0. The molecule has 1 rings (SSSR count). The molecule has 1 heterocycles. The molecule has 1 aromatic heterocycles. The molecule has 0 amide bonds. The van der Waals surface area contributed by atoms with Gasteiger partial charge in [0.15, 0.2) is 0 Å². The quantitative estimate of drug-likeness (QED) is 0.689. The van der Waals surface area contributed by atoms with Crippen LogP contribution in [0.1, 0.15) is 25.8 Å². The summed E-state index contributed by atoms with van der Waals surface area (Å²) in [4.78, 5) is 4.08. The average molecular weight is 222 g/mol. The first kappa shape index (κ1) is 13.1. The van der Waals surface area contributed by atoms with Gasteiger partial charge in [0.1, 0.15) is 0 Å². The molecule has 0 saturated heterocycles. The Kier molecular flexibility index (Phi) is 5.43. The van der Waals surface area contributed by atoms with E-state index in [1.807, 2.05) is 12.3 Å². The maximum absolute atomic E-state index is 9.25. The summed E-state index contributed by atoms with van der Waals surface area (Å²) in [5, 5.41) is 12.6. The van der Waals surface area contributed by atoms with Gasteiger partial charge in [-0.2, -0.15) is 0 Å². The zero-order valence-corrected chi connectivity index (χ0v) is 10.2. The molecule has 1 aromatic rings. The Morgan fingerprint density at radius 2 is 2.31 bits per heavy atom. The first-order valence-electron chi connectivity index (χ1n) is 5.91. The van der Waals surface area contributed by atoms with E-state index in [0.29, 0.717) is 0 Å². The van der Waals surface area contributed by atoms with Crippen molar-refractivity contribution in [2.75, 3.05) is 19.7 Å². The number of nitrogens with one attached hydrogen (secondary N) is 1. The molecule has 3 heteroatoms. The van der Waals surface area contributed by atoms with E-state index in [1.54, 1.807) is 6.20 Å². The Labute approximate surface area is 97.9 Å². The number of aromatic nitrogens is 1. The third-order valence-corrected chi connectivity index (χ3v) is 3.10. The standard InChI is InChI=1S/C13H22N2O/c1-3-13(2,11-16)10-15-8-6-12-5-4-7-14-9-12/h4-5,7,9,15-16H,3,6,8,10-11H2,1-2H3. The molecule has 0 aliphatic rings. The molecule has 0 spiro atoms. The number of hydrogen-bond acceptors (Lipinski definition) is 3. The number of pyridine rings is 1. The van der Waals surface area contributed by atoms with Crippen molar-refractivity contribution >= 4 is 0 Å². The van der Waals surface area contributed by atoms with Crippen LogP contribution in [0.25, 0.3) is 0 Å². The molecular weight excluding hydrogens is 200 g/mol. The van der Waals surface area contributed by atoms with Crippen LogP contribution in [0.2, 0.25) is 0 Å². The van der Waals surface area contributed by atoms with Crippen molar-refractivity contribution in [2.24, 2.45) is 5.41 Å². The van der Waals surface area contributed by atoms with Crippen LogP contribution in [0.4, 0.5) is 0 Å². The zero-order valence-electron chi connectivity index (χ0n) is 10.2. The summed E-state index contributed by atoms with van der Waals surface area (Å²) in [5.41, 5.74) is 1.26. The minimum Gasteiger partial charge on any atom is -0.396 e.